The van der Waals surface area contributed by atoms with Crippen LogP contribution in [0, 0.1) is 0 Å². The van der Waals surface area contributed by atoms with Gasteiger partial charge in [0.2, 0.25) is 0 Å². The molecule has 0 spiro atoms. The van der Waals surface area contributed by atoms with Crippen LogP contribution < -0.4 is 4.74 Å². The highest BCUT2D eigenvalue weighted by molar-refractivity contribution is 5.74. The van der Waals surface area contributed by atoms with Crippen LogP contribution in [-0.2, 0) is 16.1 Å². The van der Waals surface area contributed by atoms with Crippen molar-refractivity contribution in [3.63, 3.8) is 0 Å². The van der Waals surface area contributed by atoms with Crippen molar-refractivity contribution >= 4 is 11.9 Å². The Hall–Kier alpha value is -1.88. The molecule has 2 rings (SSSR count). The molecule has 1 aliphatic rings. The molecule has 0 saturated carbocycles. The first-order chi connectivity index (χ1) is 9.08. The van der Waals surface area contributed by atoms with E-state index in [1.54, 1.807) is 12.1 Å². The lowest BCUT2D eigenvalue weighted by Gasteiger charge is -2.22. The van der Waals surface area contributed by atoms with E-state index >= 15 is 0 Å². The maximum Gasteiger partial charge on any atom is 0.320 e. The topological polar surface area (TPSA) is 66.8 Å². The van der Waals surface area contributed by atoms with Gasteiger partial charge >= 0.3 is 11.9 Å². The molecule has 1 unspecified atom stereocenters. The van der Waals surface area contributed by atoms with Crippen molar-refractivity contribution < 1.29 is 19.4 Å². The SMILES string of the molecule is CC(=O)Oc1ccccc1CN1CCCC1C(=O)O. The standard InChI is InChI=1S/C14H17NO4/c1-10(16)19-13-7-3-2-5-11(13)9-15-8-4-6-12(15)14(17)18/h2-3,5,7,12H,4,6,8-9H2,1H3,(H,17,18). The molecule has 1 saturated heterocycles. The highest BCUT2D eigenvalue weighted by atomic mass is 16.5. The zero-order valence-corrected chi connectivity index (χ0v) is 10.8. The maximum atomic E-state index is 11.1. The van der Waals surface area contributed by atoms with E-state index in [1.165, 1.54) is 6.92 Å². The smallest absolute Gasteiger partial charge is 0.320 e. The number of nitrogens with zero attached hydrogens (tertiary/aromatic N) is 1. The van der Waals surface area contributed by atoms with Crippen LogP contribution in [0.1, 0.15) is 25.3 Å². The Kier molecular flexibility index (Phi) is 4.16. The number of rotatable bonds is 4. The van der Waals surface area contributed by atoms with E-state index in [2.05, 4.69) is 0 Å². The van der Waals surface area contributed by atoms with Crippen molar-refractivity contribution in [2.24, 2.45) is 0 Å². The third-order valence-electron chi connectivity index (χ3n) is 3.25. The summed E-state index contributed by atoms with van der Waals surface area (Å²) in [5, 5.41) is 9.15. The molecule has 1 aromatic carbocycles. The van der Waals surface area contributed by atoms with Gasteiger partial charge in [0, 0.05) is 19.0 Å². The summed E-state index contributed by atoms with van der Waals surface area (Å²) in [5.41, 5.74) is 0.839. The summed E-state index contributed by atoms with van der Waals surface area (Å²) in [5.74, 6) is -0.655. The number of likely N-dealkylation sites (tertiary alicyclic amines) is 1. The molecule has 5 heteroatoms. The van der Waals surface area contributed by atoms with Crippen LogP contribution in [0.2, 0.25) is 0 Å². The van der Waals surface area contributed by atoms with Crippen molar-refractivity contribution in [1.29, 1.82) is 0 Å². The van der Waals surface area contributed by atoms with Crippen LogP contribution in [0.3, 0.4) is 0 Å². The Labute approximate surface area is 111 Å². The molecule has 102 valence electrons. The van der Waals surface area contributed by atoms with E-state index in [0.717, 1.165) is 18.5 Å². The van der Waals surface area contributed by atoms with Gasteiger partial charge in [-0.3, -0.25) is 14.5 Å². The quantitative estimate of drug-likeness (QED) is 0.661. The van der Waals surface area contributed by atoms with Gasteiger partial charge in [0.15, 0.2) is 0 Å². The lowest BCUT2D eigenvalue weighted by Crippen LogP contribution is -2.35. The zero-order valence-electron chi connectivity index (χ0n) is 10.8. The first kappa shape index (κ1) is 13.5. The largest absolute Gasteiger partial charge is 0.480 e. The molecule has 1 fully saturated rings. The van der Waals surface area contributed by atoms with Crippen LogP contribution in [-0.4, -0.2) is 34.5 Å². The Morgan fingerprint density at radius 2 is 2.16 bits per heavy atom. The fourth-order valence-corrected chi connectivity index (χ4v) is 2.40. The number of hydrogen-bond acceptors (Lipinski definition) is 4. The number of ether oxygens (including phenoxy) is 1. The van der Waals surface area contributed by atoms with Crippen molar-refractivity contribution in [2.45, 2.75) is 32.4 Å². The Balaban J connectivity index is 2.14. The number of para-hydroxylation sites is 1. The third-order valence-corrected chi connectivity index (χ3v) is 3.25. The molecule has 5 nitrogen and oxygen atoms in total. The number of esters is 1. The van der Waals surface area contributed by atoms with Gasteiger partial charge in [0.1, 0.15) is 11.8 Å². The fourth-order valence-electron chi connectivity index (χ4n) is 2.40. The third kappa shape index (κ3) is 3.32. The van der Waals surface area contributed by atoms with Crippen LogP contribution >= 0.6 is 0 Å². The normalized spacial score (nSPS) is 19.3. The van der Waals surface area contributed by atoms with Crippen LogP contribution in [0.25, 0.3) is 0 Å². The fraction of sp³-hybridized carbons (Fsp3) is 0.429. The van der Waals surface area contributed by atoms with Gasteiger partial charge in [0.25, 0.3) is 0 Å². The first-order valence-electron chi connectivity index (χ1n) is 6.31. The van der Waals surface area contributed by atoms with Crippen LogP contribution in [0.4, 0.5) is 0 Å². The number of hydrogen-bond donors (Lipinski definition) is 1. The second kappa shape index (κ2) is 5.84. The summed E-state index contributed by atoms with van der Waals surface area (Å²) >= 11 is 0. The number of carbonyl (C=O) groups is 2. The van der Waals surface area contributed by atoms with Gasteiger partial charge in [-0.15, -0.1) is 0 Å². The number of carbonyl (C=O) groups excluding carboxylic acids is 1. The van der Waals surface area contributed by atoms with E-state index in [1.807, 2.05) is 17.0 Å². The molecule has 1 aromatic rings. The summed E-state index contributed by atoms with van der Waals surface area (Å²) in [4.78, 5) is 24.1. The van der Waals surface area contributed by atoms with E-state index in [4.69, 9.17) is 9.84 Å². The average molecular weight is 263 g/mol. The van der Waals surface area contributed by atoms with E-state index < -0.39 is 12.0 Å². The molecule has 1 atom stereocenters. The summed E-state index contributed by atoms with van der Waals surface area (Å²) in [6, 6.07) is 6.79. The maximum absolute atomic E-state index is 11.1. The molecule has 1 N–H and O–H groups in total. The molecule has 1 heterocycles. The van der Waals surface area contributed by atoms with Crippen molar-refractivity contribution in [2.75, 3.05) is 6.54 Å². The highest BCUT2D eigenvalue weighted by Crippen LogP contribution is 2.25. The minimum Gasteiger partial charge on any atom is -0.480 e. The molecule has 0 amide bonds. The number of carboxylic acids is 1. The molecule has 0 aliphatic carbocycles. The molecular weight excluding hydrogens is 246 g/mol. The number of benzene rings is 1. The lowest BCUT2D eigenvalue weighted by molar-refractivity contribution is -0.142. The first-order valence-corrected chi connectivity index (χ1v) is 6.31. The second-order valence-electron chi connectivity index (χ2n) is 4.67. The number of carboxylic acid groups (broad SMARTS) is 1. The highest BCUT2D eigenvalue weighted by Gasteiger charge is 2.30. The summed E-state index contributed by atoms with van der Waals surface area (Å²) in [7, 11) is 0. The summed E-state index contributed by atoms with van der Waals surface area (Å²) in [6.45, 7) is 2.60. The van der Waals surface area contributed by atoms with E-state index in [0.29, 0.717) is 18.7 Å². The van der Waals surface area contributed by atoms with Gasteiger partial charge in [0.05, 0.1) is 0 Å². The van der Waals surface area contributed by atoms with E-state index in [-0.39, 0.29) is 5.97 Å². The van der Waals surface area contributed by atoms with Crippen molar-refractivity contribution in [1.82, 2.24) is 4.90 Å². The summed E-state index contributed by atoms with van der Waals surface area (Å²) in [6.07, 6.45) is 1.55. The molecule has 0 bridgehead atoms. The van der Waals surface area contributed by atoms with Crippen LogP contribution in [0.5, 0.6) is 5.75 Å². The van der Waals surface area contributed by atoms with E-state index in [9.17, 15) is 9.59 Å². The molecule has 0 radical (unpaired) electrons. The zero-order chi connectivity index (χ0) is 13.8. The Morgan fingerprint density at radius 3 is 2.84 bits per heavy atom. The van der Waals surface area contributed by atoms with Gasteiger partial charge < -0.3 is 9.84 Å². The van der Waals surface area contributed by atoms with Gasteiger partial charge in [-0.2, -0.15) is 0 Å². The molecule has 1 aliphatic heterocycles. The molecule has 19 heavy (non-hydrogen) atoms. The second-order valence-corrected chi connectivity index (χ2v) is 4.67. The van der Waals surface area contributed by atoms with Gasteiger partial charge in [-0.25, -0.2) is 0 Å². The Bertz CT molecular complexity index is 486. The monoisotopic (exact) mass is 263 g/mol. The van der Waals surface area contributed by atoms with Crippen molar-refractivity contribution in [3.05, 3.63) is 29.8 Å². The van der Waals surface area contributed by atoms with Crippen molar-refractivity contribution in [3.8, 4) is 5.75 Å². The molecular formula is C14H17NO4. The predicted octanol–water partition coefficient (Wildman–Crippen LogP) is 1.66. The summed E-state index contributed by atoms with van der Waals surface area (Å²) < 4.78 is 5.14. The van der Waals surface area contributed by atoms with Gasteiger partial charge in [-0.1, -0.05) is 18.2 Å². The minimum absolute atomic E-state index is 0.372. The van der Waals surface area contributed by atoms with Gasteiger partial charge in [-0.05, 0) is 25.5 Å². The lowest BCUT2D eigenvalue weighted by atomic mass is 10.1. The minimum atomic E-state index is -0.789. The van der Waals surface area contributed by atoms with Crippen LogP contribution in [0.15, 0.2) is 24.3 Å². The number of aliphatic carboxylic acids is 1. The average Bonchev–Trinajstić information content (AvgIpc) is 2.79. The Morgan fingerprint density at radius 1 is 1.42 bits per heavy atom. The molecule has 0 aromatic heterocycles. The predicted molar refractivity (Wildman–Crippen MR) is 68.8 cm³/mol.